The molecule has 1 aromatic carbocycles. The number of hydrogen-bond donors (Lipinski definition) is 0. The molecule has 0 heterocycles. The first kappa shape index (κ1) is 14.1. The molecule has 1 aromatic rings. The molecule has 0 N–H and O–H groups in total. The molecule has 8 fully saturated rings. The van der Waals surface area contributed by atoms with Crippen LogP contribution in [0.15, 0.2) is 30.3 Å². The molecule has 0 aromatic heterocycles. The maximum atomic E-state index is 6.50. The molecule has 1 nitrogen and oxygen atoms in total. The Morgan fingerprint density at radius 3 is 1.52 bits per heavy atom. The first-order valence-corrected chi connectivity index (χ1v) is 12.1. The van der Waals surface area contributed by atoms with Crippen LogP contribution in [0.5, 0.6) is 5.75 Å². The summed E-state index contributed by atoms with van der Waals surface area (Å²) in [6.07, 6.45) is 6.39. The van der Waals surface area contributed by atoms with Gasteiger partial charge in [0.05, 0.1) is 6.61 Å². The van der Waals surface area contributed by atoms with Gasteiger partial charge in [-0.2, -0.15) is 0 Å². The molecular weight excluding hydrogens is 328 g/mol. The van der Waals surface area contributed by atoms with Crippen molar-refractivity contribution in [3.8, 4) is 5.75 Å². The van der Waals surface area contributed by atoms with Crippen molar-refractivity contribution < 1.29 is 4.74 Å². The second-order valence-electron chi connectivity index (χ2n) is 11.9. The molecule has 140 valence electrons. The Bertz CT molecular complexity index is 786. The predicted octanol–water partition coefficient (Wildman–Crippen LogP) is 4.98. The smallest absolute Gasteiger partial charge is 0.119 e. The van der Waals surface area contributed by atoms with Crippen molar-refractivity contribution in [2.75, 3.05) is 6.61 Å². The Morgan fingerprint density at radius 2 is 1.00 bits per heavy atom. The Morgan fingerprint density at radius 1 is 0.556 bits per heavy atom. The van der Waals surface area contributed by atoms with E-state index in [4.69, 9.17) is 4.74 Å². The van der Waals surface area contributed by atoms with Gasteiger partial charge in [0.25, 0.3) is 0 Å². The number of benzene rings is 1. The number of rotatable bonds is 3. The molecule has 0 saturated heterocycles. The van der Waals surface area contributed by atoms with Crippen molar-refractivity contribution in [2.24, 2.45) is 88.8 Å². The molecule has 8 saturated carbocycles. The van der Waals surface area contributed by atoms with E-state index in [1.54, 1.807) is 25.7 Å². The lowest BCUT2D eigenvalue weighted by Gasteiger charge is -2.34. The van der Waals surface area contributed by atoms with Crippen LogP contribution in [0, 0.1) is 88.8 Å². The summed E-state index contributed by atoms with van der Waals surface area (Å²) < 4.78 is 6.50. The van der Waals surface area contributed by atoms with E-state index in [1.165, 1.54) is 47.3 Å². The van der Waals surface area contributed by atoms with Crippen LogP contribution < -0.4 is 4.74 Å². The van der Waals surface area contributed by atoms with Gasteiger partial charge in [-0.1, -0.05) is 18.2 Å². The number of hydrogen-bond acceptors (Lipinski definition) is 1. The SMILES string of the molecule is c1ccc(OCC2[C@@H]3[C@@H]4CC[C@@H]5C6C7[C@@H]8[C@@H]([C@@H]2[C@@H]2CC[C@@H]6[C@H]28)[C@H]3[C@H]7[C@H]45)cc1. The highest BCUT2D eigenvalue weighted by atomic mass is 16.5. The summed E-state index contributed by atoms with van der Waals surface area (Å²) in [6.45, 7) is 1.03. The third-order valence-corrected chi connectivity index (χ3v) is 12.2. The molecule has 0 aliphatic heterocycles. The second kappa shape index (κ2) is 4.29. The van der Waals surface area contributed by atoms with Gasteiger partial charge < -0.3 is 4.74 Å². The van der Waals surface area contributed by atoms with Gasteiger partial charge in [-0.3, -0.25) is 0 Å². The topological polar surface area (TPSA) is 9.23 Å². The van der Waals surface area contributed by atoms with Crippen LogP contribution >= 0.6 is 0 Å². The van der Waals surface area contributed by atoms with E-state index in [0.717, 1.165) is 53.8 Å². The maximum absolute atomic E-state index is 6.50. The molecule has 27 heavy (non-hydrogen) atoms. The van der Waals surface area contributed by atoms with Crippen molar-refractivity contribution in [2.45, 2.75) is 25.7 Å². The molecule has 8 aliphatic rings. The van der Waals surface area contributed by atoms with Gasteiger partial charge in [0.2, 0.25) is 0 Å². The van der Waals surface area contributed by atoms with Crippen LogP contribution in [0.1, 0.15) is 25.7 Å². The first-order chi connectivity index (χ1) is 13.4. The van der Waals surface area contributed by atoms with Gasteiger partial charge in [0.1, 0.15) is 5.75 Å². The first-order valence-electron chi connectivity index (χ1n) is 12.1. The summed E-state index contributed by atoms with van der Waals surface area (Å²) in [6, 6.07) is 10.7. The molecule has 0 radical (unpaired) electrons. The fourth-order valence-electron chi connectivity index (χ4n) is 12.8. The van der Waals surface area contributed by atoms with Crippen molar-refractivity contribution >= 4 is 0 Å². The fraction of sp³-hybridized carbons (Fsp3) is 0.769. The van der Waals surface area contributed by atoms with E-state index in [-0.39, 0.29) is 0 Å². The average molecular weight is 359 g/mol. The van der Waals surface area contributed by atoms with Crippen molar-refractivity contribution in [1.82, 2.24) is 0 Å². The van der Waals surface area contributed by atoms with E-state index in [1.807, 2.05) is 0 Å². The summed E-state index contributed by atoms with van der Waals surface area (Å²) in [5.74, 6) is 18.0. The van der Waals surface area contributed by atoms with Gasteiger partial charge in [-0.25, -0.2) is 0 Å². The monoisotopic (exact) mass is 358 g/mol. The highest BCUT2D eigenvalue weighted by Gasteiger charge is 2.85. The zero-order valence-corrected chi connectivity index (χ0v) is 16.0. The van der Waals surface area contributed by atoms with Crippen LogP contribution in [-0.2, 0) is 0 Å². The molecule has 9 rings (SSSR count). The Hall–Kier alpha value is -0.980. The van der Waals surface area contributed by atoms with Gasteiger partial charge in [-0.15, -0.1) is 0 Å². The number of fused-ring (bicyclic) bond motifs is 4. The summed E-state index contributed by atoms with van der Waals surface area (Å²) in [5.41, 5.74) is 0. The lowest BCUT2D eigenvalue weighted by Crippen LogP contribution is -2.32. The van der Waals surface area contributed by atoms with E-state index < -0.39 is 0 Å². The highest BCUT2D eigenvalue weighted by Crippen LogP contribution is 2.88. The molecule has 8 aliphatic carbocycles. The summed E-state index contributed by atoms with van der Waals surface area (Å²) in [4.78, 5) is 0. The third kappa shape index (κ3) is 1.27. The van der Waals surface area contributed by atoms with Crippen LogP contribution in [0.2, 0.25) is 0 Å². The third-order valence-electron chi connectivity index (χ3n) is 12.2. The van der Waals surface area contributed by atoms with E-state index in [9.17, 15) is 0 Å². The van der Waals surface area contributed by atoms with Crippen molar-refractivity contribution in [3.63, 3.8) is 0 Å². The summed E-state index contributed by atoms with van der Waals surface area (Å²) in [7, 11) is 0. The second-order valence-corrected chi connectivity index (χ2v) is 11.9. The van der Waals surface area contributed by atoms with Crippen LogP contribution in [0.4, 0.5) is 0 Å². The van der Waals surface area contributed by atoms with Gasteiger partial charge in [0.15, 0.2) is 0 Å². The molecular formula is C26H30O. The number of ether oxygens (including phenoxy) is 1. The Labute approximate surface area is 162 Å². The van der Waals surface area contributed by atoms with E-state index in [0.29, 0.717) is 0 Å². The van der Waals surface area contributed by atoms with Crippen LogP contribution in [0.25, 0.3) is 0 Å². The molecule has 0 bridgehead atoms. The zero-order chi connectivity index (χ0) is 17.0. The number of para-hydroxylation sites is 1. The standard InChI is InChI=1S/C26H30O/c1-2-4-11(5-3-1)27-10-16-20-14-8-6-12-17-13-7-9-15-19(13)24-22(17)23(18(12)14)25(20)26(24)21(15)16/h1-5,12-26H,6-10H2/t12-,13+,14-,15-,16?,17?,18+,19-,20+,21-,22?,23+,24-,25-,26-/m1/s1. The van der Waals surface area contributed by atoms with Gasteiger partial charge in [-0.05, 0) is 127 Å². The molecule has 0 spiro atoms. The molecule has 3 unspecified atom stereocenters. The van der Waals surface area contributed by atoms with Crippen LogP contribution in [-0.4, -0.2) is 6.61 Å². The summed E-state index contributed by atoms with van der Waals surface area (Å²) in [5, 5.41) is 0. The van der Waals surface area contributed by atoms with Crippen LogP contribution in [0.3, 0.4) is 0 Å². The molecule has 1 heteroatoms. The maximum Gasteiger partial charge on any atom is 0.119 e. The van der Waals surface area contributed by atoms with Gasteiger partial charge in [0, 0.05) is 0 Å². The lowest BCUT2D eigenvalue weighted by atomic mass is 9.72. The van der Waals surface area contributed by atoms with E-state index in [2.05, 4.69) is 30.3 Å². The largest absolute Gasteiger partial charge is 0.493 e. The molecule has 0 amide bonds. The van der Waals surface area contributed by atoms with Crippen molar-refractivity contribution in [3.05, 3.63) is 30.3 Å². The fourth-order valence-corrected chi connectivity index (χ4v) is 12.8. The quantitative estimate of drug-likeness (QED) is 0.741. The minimum absolute atomic E-state index is 0.892. The minimum Gasteiger partial charge on any atom is -0.493 e. The van der Waals surface area contributed by atoms with E-state index >= 15 is 0 Å². The minimum atomic E-state index is 0.892. The predicted molar refractivity (Wildman–Crippen MR) is 103 cm³/mol. The molecule has 15 atom stereocenters. The average Bonchev–Trinajstić information content (AvgIpc) is 3.44. The zero-order valence-electron chi connectivity index (χ0n) is 16.0. The highest BCUT2D eigenvalue weighted by molar-refractivity contribution is 5.32. The Balaban J connectivity index is 1.18. The normalized spacial score (nSPS) is 66.4. The Kier molecular flexibility index (Phi) is 2.24. The van der Waals surface area contributed by atoms with Crippen molar-refractivity contribution in [1.29, 1.82) is 0 Å². The van der Waals surface area contributed by atoms with Gasteiger partial charge >= 0.3 is 0 Å². The lowest BCUT2D eigenvalue weighted by molar-refractivity contribution is 0.0996. The summed E-state index contributed by atoms with van der Waals surface area (Å²) >= 11 is 0.